The maximum absolute atomic E-state index is 12.1. The van der Waals surface area contributed by atoms with Crippen molar-refractivity contribution in [1.29, 1.82) is 0 Å². The van der Waals surface area contributed by atoms with E-state index in [1.807, 2.05) is 35.2 Å². The molecule has 0 spiro atoms. The van der Waals surface area contributed by atoms with E-state index in [1.165, 1.54) is 0 Å². The molecule has 4 nitrogen and oxygen atoms in total. The summed E-state index contributed by atoms with van der Waals surface area (Å²) in [6.07, 6.45) is 1.32. The summed E-state index contributed by atoms with van der Waals surface area (Å²) in [5, 5.41) is 12.8. The van der Waals surface area contributed by atoms with E-state index in [0.717, 1.165) is 12.0 Å². The third-order valence-corrected chi connectivity index (χ3v) is 3.79. The predicted molar refractivity (Wildman–Crippen MR) is 74.7 cm³/mol. The molecule has 1 aliphatic rings. The molecule has 2 atom stereocenters. The molecule has 2 rings (SSSR count). The molecule has 0 saturated carbocycles. The van der Waals surface area contributed by atoms with Gasteiger partial charge in [-0.3, -0.25) is 0 Å². The molecule has 1 aromatic carbocycles. The molecule has 0 bridgehead atoms. The number of aliphatic hydroxyl groups excluding tert-OH is 1. The van der Waals surface area contributed by atoms with Crippen molar-refractivity contribution in [2.75, 3.05) is 13.1 Å². The lowest BCUT2D eigenvalue weighted by atomic mass is 9.93. The number of urea groups is 1. The van der Waals surface area contributed by atoms with Crippen LogP contribution in [0, 0.1) is 5.92 Å². The minimum absolute atomic E-state index is 0.0331. The van der Waals surface area contributed by atoms with Crippen LogP contribution < -0.4 is 5.32 Å². The van der Waals surface area contributed by atoms with E-state index in [2.05, 4.69) is 12.2 Å². The van der Waals surface area contributed by atoms with E-state index < -0.39 is 0 Å². The van der Waals surface area contributed by atoms with Gasteiger partial charge in [0.2, 0.25) is 0 Å². The highest BCUT2D eigenvalue weighted by Crippen LogP contribution is 2.19. The van der Waals surface area contributed by atoms with Gasteiger partial charge in [0.15, 0.2) is 0 Å². The van der Waals surface area contributed by atoms with Crippen LogP contribution >= 0.6 is 0 Å². The standard InChI is InChI=1S/C15H22N2O2/c1-2-13-11-17(9-8-14(13)18)15(19)16-10-12-6-4-3-5-7-12/h3-7,13-14,18H,2,8-11H2,1H3,(H,16,19). The first kappa shape index (κ1) is 13.9. The second-order valence-electron chi connectivity index (χ2n) is 5.11. The molecule has 1 aromatic rings. The number of nitrogens with one attached hydrogen (secondary N) is 1. The van der Waals surface area contributed by atoms with E-state index in [4.69, 9.17) is 0 Å². The Bertz CT molecular complexity index is 408. The average molecular weight is 262 g/mol. The summed E-state index contributed by atoms with van der Waals surface area (Å²) in [7, 11) is 0. The van der Waals surface area contributed by atoms with Crippen molar-refractivity contribution in [1.82, 2.24) is 10.2 Å². The van der Waals surface area contributed by atoms with Crippen molar-refractivity contribution in [3.8, 4) is 0 Å². The number of carbonyl (C=O) groups excluding carboxylic acids is 1. The quantitative estimate of drug-likeness (QED) is 0.875. The van der Waals surface area contributed by atoms with E-state index in [9.17, 15) is 9.90 Å². The number of rotatable bonds is 3. The minimum Gasteiger partial charge on any atom is -0.393 e. The van der Waals surface area contributed by atoms with Gasteiger partial charge in [0, 0.05) is 25.6 Å². The molecule has 1 saturated heterocycles. The van der Waals surface area contributed by atoms with Crippen LogP contribution in [-0.4, -0.2) is 35.2 Å². The average Bonchev–Trinajstić information content (AvgIpc) is 2.46. The van der Waals surface area contributed by atoms with Crippen LogP contribution in [0.15, 0.2) is 30.3 Å². The molecule has 0 aromatic heterocycles. The van der Waals surface area contributed by atoms with Crippen molar-refractivity contribution >= 4 is 6.03 Å². The number of hydrogen-bond acceptors (Lipinski definition) is 2. The van der Waals surface area contributed by atoms with Crippen molar-refractivity contribution in [2.24, 2.45) is 5.92 Å². The summed E-state index contributed by atoms with van der Waals surface area (Å²) in [5.74, 6) is 0.205. The molecular formula is C15H22N2O2. The molecule has 104 valence electrons. The normalized spacial score (nSPS) is 23.2. The smallest absolute Gasteiger partial charge is 0.317 e. The number of carbonyl (C=O) groups is 1. The number of piperidine rings is 1. The summed E-state index contributed by atoms with van der Waals surface area (Å²) in [4.78, 5) is 13.9. The molecule has 1 heterocycles. The third kappa shape index (κ3) is 3.70. The molecule has 0 radical (unpaired) electrons. The van der Waals surface area contributed by atoms with Gasteiger partial charge in [-0.2, -0.15) is 0 Å². The van der Waals surface area contributed by atoms with Crippen molar-refractivity contribution in [3.63, 3.8) is 0 Å². The van der Waals surface area contributed by atoms with Crippen LogP contribution in [0.4, 0.5) is 4.79 Å². The lowest BCUT2D eigenvalue weighted by Gasteiger charge is -2.35. The topological polar surface area (TPSA) is 52.6 Å². The third-order valence-electron chi connectivity index (χ3n) is 3.79. The van der Waals surface area contributed by atoms with Gasteiger partial charge >= 0.3 is 6.03 Å². The fourth-order valence-electron chi connectivity index (χ4n) is 2.49. The first-order chi connectivity index (χ1) is 9.20. The number of amides is 2. The summed E-state index contributed by atoms with van der Waals surface area (Å²) < 4.78 is 0. The highest BCUT2D eigenvalue weighted by Gasteiger charge is 2.28. The summed E-state index contributed by atoms with van der Waals surface area (Å²) in [6.45, 7) is 3.89. The first-order valence-electron chi connectivity index (χ1n) is 6.95. The van der Waals surface area contributed by atoms with Crippen LogP contribution in [0.5, 0.6) is 0 Å². The van der Waals surface area contributed by atoms with Gasteiger partial charge in [-0.25, -0.2) is 4.79 Å². The minimum atomic E-state index is -0.261. The van der Waals surface area contributed by atoms with Gasteiger partial charge in [-0.15, -0.1) is 0 Å². The molecule has 19 heavy (non-hydrogen) atoms. The zero-order valence-corrected chi connectivity index (χ0v) is 11.4. The van der Waals surface area contributed by atoms with Gasteiger partial charge in [0.05, 0.1) is 6.10 Å². The zero-order valence-electron chi connectivity index (χ0n) is 11.4. The predicted octanol–water partition coefficient (Wildman–Crippen LogP) is 1.99. The Balaban J connectivity index is 1.83. The molecule has 2 unspecified atom stereocenters. The van der Waals surface area contributed by atoms with E-state index in [0.29, 0.717) is 26.1 Å². The lowest BCUT2D eigenvalue weighted by Crippen LogP contribution is -2.49. The Morgan fingerprint density at radius 3 is 2.84 bits per heavy atom. The highest BCUT2D eigenvalue weighted by molar-refractivity contribution is 5.74. The van der Waals surface area contributed by atoms with Gasteiger partial charge in [0.1, 0.15) is 0 Å². The molecule has 1 aliphatic heterocycles. The number of hydrogen-bond donors (Lipinski definition) is 2. The van der Waals surface area contributed by atoms with Crippen LogP contribution in [0.2, 0.25) is 0 Å². The summed E-state index contributed by atoms with van der Waals surface area (Å²) >= 11 is 0. The van der Waals surface area contributed by atoms with Crippen LogP contribution in [0.1, 0.15) is 25.3 Å². The van der Waals surface area contributed by atoms with Crippen molar-refractivity contribution < 1.29 is 9.90 Å². The Morgan fingerprint density at radius 2 is 2.16 bits per heavy atom. The monoisotopic (exact) mass is 262 g/mol. The van der Waals surface area contributed by atoms with Crippen LogP contribution in [-0.2, 0) is 6.54 Å². The van der Waals surface area contributed by atoms with Gasteiger partial charge < -0.3 is 15.3 Å². The van der Waals surface area contributed by atoms with Gasteiger partial charge in [-0.1, -0.05) is 37.3 Å². The molecule has 1 fully saturated rings. The Kier molecular flexibility index (Phi) is 4.80. The number of aliphatic hydroxyl groups is 1. The second kappa shape index (κ2) is 6.57. The molecule has 2 amide bonds. The Morgan fingerprint density at radius 1 is 1.42 bits per heavy atom. The van der Waals surface area contributed by atoms with Gasteiger partial charge in [-0.05, 0) is 18.4 Å². The molecular weight excluding hydrogens is 240 g/mol. The summed E-state index contributed by atoms with van der Waals surface area (Å²) in [6, 6.07) is 9.85. The number of benzene rings is 1. The Hall–Kier alpha value is -1.55. The van der Waals surface area contributed by atoms with Crippen LogP contribution in [0.25, 0.3) is 0 Å². The SMILES string of the molecule is CCC1CN(C(=O)NCc2ccccc2)CCC1O. The Labute approximate surface area is 114 Å². The fraction of sp³-hybridized carbons (Fsp3) is 0.533. The molecule has 2 N–H and O–H groups in total. The summed E-state index contributed by atoms with van der Waals surface area (Å²) in [5.41, 5.74) is 1.10. The first-order valence-corrected chi connectivity index (χ1v) is 6.95. The van der Waals surface area contributed by atoms with Crippen molar-refractivity contribution in [3.05, 3.63) is 35.9 Å². The maximum atomic E-state index is 12.1. The highest BCUT2D eigenvalue weighted by atomic mass is 16.3. The largest absolute Gasteiger partial charge is 0.393 e. The van der Waals surface area contributed by atoms with E-state index in [-0.39, 0.29) is 18.1 Å². The van der Waals surface area contributed by atoms with Crippen LogP contribution in [0.3, 0.4) is 0 Å². The zero-order chi connectivity index (χ0) is 13.7. The van der Waals surface area contributed by atoms with Crippen molar-refractivity contribution in [2.45, 2.75) is 32.4 Å². The number of nitrogens with zero attached hydrogens (tertiary/aromatic N) is 1. The molecule has 0 aliphatic carbocycles. The number of likely N-dealkylation sites (tertiary alicyclic amines) is 1. The van der Waals surface area contributed by atoms with E-state index >= 15 is 0 Å². The second-order valence-corrected chi connectivity index (χ2v) is 5.11. The maximum Gasteiger partial charge on any atom is 0.317 e. The lowest BCUT2D eigenvalue weighted by molar-refractivity contribution is 0.0381. The van der Waals surface area contributed by atoms with Gasteiger partial charge in [0.25, 0.3) is 0 Å². The van der Waals surface area contributed by atoms with E-state index in [1.54, 1.807) is 0 Å². The molecule has 4 heteroatoms. The fourth-order valence-corrected chi connectivity index (χ4v) is 2.49.